The number of rotatable bonds is 11. The van der Waals surface area contributed by atoms with Crippen LogP contribution >= 0.6 is 11.6 Å². The Hall–Kier alpha value is -3.11. The highest BCUT2D eigenvalue weighted by Gasteiger charge is 2.11. The number of nitrogens with zero attached hydrogens (tertiary/aromatic N) is 2. The van der Waals surface area contributed by atoms with E-state index in [9.17, 15) is 4.79 Å². The number of halogens is 1. The first-order chi connectivity index (χ1) is 16.2. The lowest BCUT2D eigenvalue weighted by Crippen LogP contribution is -2.24. The van der Waals surface area contributed by atoms with E-state index in [2.05, 4.69) is 52.3 Å². The maximum absolute atomic E-state index is 12.1. The molecule has 4 rings (SSSR count). The summed E-state index contributed by atoms with van der Waals surface area (Å²) in [4.78, 5) is 17.0. The second-order valence-electron chi connectivity index (χ2n) is 8.38. The fraction of sp³-hybridized carbons (Fsp3) is 0.286. The smallest absolute Gasteiger partial charge is 0.220 e. The van der Waals surface area contributed by atoms with Gasteiger partial charge in [-0.1, -0.05) is 72.6 Å². The van der Waals surface area contributed by atoms with Crippen molar-refractivity contribution < 1.29 is 4.79 Å². The van der Waals surface area contributed by atoms with Crippen molar-refractivity contribution in [2.45, 2.75) is 45.1 Å². The van der Waals surface area contributed by atoms with Crippen molar-refractivity contribution in [3.05, 3.63) is 101 Å². The van der Waals surface area contributed by atoms with Crippen molar-refractivity contribution in [1.29, 1.82) is 0 Å². The maximum Gasteiger partial charge on any atom is 0.220 e. The molecule has 1 aromatic heterocycles. The average Bonchev–Trinajstić information content (AvgIpc) is 3.19. The Morgan fingerprint density at radius 1 is 0.818 bits per heavy atom. The molecule has 0 saturated carbocycles. The number of imidazole rings is 1. The first-order valence-electron chi connectivity index (χ1n) is 11.7. The molecule has 33 heavy (non-hydrogen) atoms. The van der Waals surface area contributed by atoms with Crippen LogP contribution in [0.5, 0.6) is 0 Å². The van der Waals surface area contributed by atoms with Crippen molar-refractivity contribution >= 4 is 28.5 Å². The number of amides is 1. The van der Waals surface area contributed by atoms with E-state index in [1.807, 2.05) is 36.4 Å². The Morgan fingerprint density at radius 2 is 1.58 bits per heavy atom. The van der Waals surface area contributed by atoms with Crippen LogP contribution in [0.4, 0.5) is 0 Å². The summed E-state index contributed by atoms with van der Waals surface area (Å²) in [5, 5.41) is 3.80. The van der Waals surface area contributed by atoms with Gasteiger partial charge in [0, 0.05) is 31.0 Å². The molecule has 0 aliphatic heterocycles. The summed E-state index contributed by atoms with van der Waals surface area (Å²) < 4.78 is 2.31. The van der Waals surface area contributed by atoms with E-state index in [4.69, 9.17) is 16.6 Å². The van der Waals surface area contributed by atoms with Crippen molar-refractivity contribution in [2.24, 2.45) is 0 Å². The standard InChI is InChI=1S/C28H30ClN3O/c29-24-17-14-23(15-18-24)21-32-26-12-7-6-11-25(26)31-27(32)13-5-2-8-20-30-28(33)19-16-22-9-3-1-4-10-22/h1,3-4,6-7,9-12,14-15,17-18H,2,5,8,13,16,19-21H2,(H,30,33). The van der Waals surface area contributed by atoms with Crippen LogP contribution in [0.1, 0.15) is 42.6 Å². The lowest BCUT2D eigenvalue weighted by atomic mass is 10.1. The van der Waals surface area contributed by atoms with Crippen LogP contribution in [-0.4, -0.2) is 22.0 Å². The summed E-state index contributed by atoms with van der Waals surface area (Å²) in [5.74, 6) is 1.24. The molecule has 4 nitrogen and oxygen atoms in total. The Balaban J connectivity index is 1.24. The molecular formula is C28H30ClN3O. The van der Waals surface area contributed by atoms with E-state index < -0.39 is 0 Å². The minimum atomic E-state index is 0.128. The Bertz CT molecular complexity index is 1170. The normalized spacial score (nSPS) is 11.1. The number of carbonyl (C=O) groups excluding carboxylic acids is 1. The SMILES string of the molecule is O=C(CCc1ccccc1)NCCCCCc1nc2ccccc2n1Cc1ccc(Cl)cc1. The number of carbonyl (C=O) groups is 1. The summed E-state index contributed by atoms with van der Waals surface area (Å²) in [6, 6.07) is 26.5. The minimum Gasteiger partial charge on any atom is -0.356 e. The van der Waals surface area contributed by atoms with Crippen molar-refractivity contribution in [2.75, 3.05) is 6.54 Å². The van der Waals surface area contributed by atoms with Gasteiger partial charge in [-0.05, 0) is 54.7 Å². The molecule has 1 amide bonds. The third-order valence-electron chi connectivity index (χ3n) is 5.87. The summed E-state index contributed by atoms with van der Waals surface area (Å²) in [7, 11) is 0. The molecular weight excluding hydrogens is 430 g/mol. The molecule has 4 aromatic rings. The molecule has 0 saturated heterocycles. The van der Waals surface area contributed by atoms with Gasteiger partial charge in [0.2, 0.25) is 5.91 Å². The monoisotopic (exact) mass is 459 g/mol. The predicted octanol–water partition coefficient (Wildman–Crippen LogP) is 6.20. The van der Waals surface area contributed by atoms with Crippen LogP contribution in [0.2, 0.25) is 5.02 Å². The predicted molar refractivity (Wildman–Crippen MR) is 136 cm³/mol. The highest BCUT2D eigenvalue weighted by Crippen LogP contribution is 2.20. The summed E-state index contributed by atoms with van der Waals surface area (Å²) in [6.45, 7) is 1.51. The topological polar surface area (TPSA) is 46.9 Å². The lowest BCUT2D eigenvalue weighted by Gasteiger charge is -2.10. The molecule has 1 N–H and O–H groups in total. The average molecular weight is 460 g/mol. The van der Waals surface area contributed by atoms with Gasteiger partial charge < -0.3 is 9.88 Å². The number of nitrogens with one attached hydrogen (secondary N) is 1. The zero-order chi connectivity index (χ0) is 22.9. The fourth-order valence-electron chi connectivity index (χ4n) is 4.07. The molecule has 0 radical (unpaired) electrons. The van der Waals surface area contributed by atoms with E-state index in [0.29, 0.717) is 6.42 Å². The highest BCUT2D eigenvalue weighted by atomic mass is 35.5. The largest absolute Gasteiger partial charge is 0.356 e. The van der Waals surface area contributed by atoms with E-state index in [1.54, 1.807) is 0 Å². The second kappa shape index (κ2) is 11.7. The molecule has 0 unspecified atom stereocenters. The molecule has 0 spiro atoms. The third-order valence-corrected chi connectivity index (χ3v) is 6.12. The number of benzene rings is 3. The van der Waals surface area contributed by atoms with Gasteiger partial charge in [0.05, 0.1) is 11.0 Å². The Morgan fingerprint density at radius 3 is 2.39 bits per heavy atom. The Labute approximate surface area is 200 Å². The van der Waals surface area contributed by atoms with Gasteiger partial charge in [-0.15, -0.1) is 0 Å². The van der Waals surface area contributed by atoms with Crippen molar-refractivity contribution in [3.8, 4) is 0 Å². The van der Waals surface area contributed by atoms with E-state index >= 15 is 0 Å². The summed E-state index contributed by atoms with van der Waals surface area (Å²) in [6.07, 6.45) is 5.33. The maximum atomic E-state index is 12.1. The Kier molecular flexibility index (Phi) is 8.15. The number of aryl methyl sites for hydroxylation is 2. The summed E-state index contributed by atoms with van der Waals surface area (Å²) in [5.41, 5.74) is 4.61. The van der Waals surface area contributed by atoms with Crippen molar-refractivity contribution in [3.63, 3.8) is 0 Å². The lowest BCUT2D eigenvalue weighted by molar-refractivity contribution is -0.121. The van der Waals surface area contributed by atoms with Gasteiger partial charge in [0.1, 0.15) is 5.82 Å². The van der Waals surface area contributed by atoms with Gasteiger partial charge in [0.25, 0.3) is 0 Å². The third kappa shape index (κ3) is 6.69. The van der Waals surface area contributed by atoms with Gasteiger partial charge in [-0.25, -0.2) is 4.98 Å². The first-order valence-corrected chi connectivity index (χ1v) is 12.1. The first kappa shape index (κ1) is 23.1. The molecule has 3 aromatic carbocycles. The number of unbranched alkanes of at least 4 members (excludes halogenated alkanes) is 2. The van der Waals surface area contributed by atoms with Crippen molar-refractivity contribution in [1.82, 2.24) is 14.9 Å². The van der Waals surface area contributed by atoms with Gasteiger partial charge >= 0.3 is 0 Å². The van der Waals surface area contributed by atoms with Crippen LogP contribution in [0.25, 0.3) is 11.0 Å². The second-order valence-corrected chi connectivity index (χ2v) is 8.81. The highest BCUT2D eigenvalue weighted by molar-refractivity contribution is 6.30. The van der Waals surface area contributed by atoms with Crippen LogP contribution < -0.4 is 5.32 Å². The van der Waals surface area contributed by atoms with E-state index in [1.165, 1.54) is 11.1 Å². The summed E-state index contributed by atoms with van der Waals surface area (Å²) >= 11 is 6.05. The molecule has 5 heteroatoms. The number of fused-ring (bicyclic) bond motifs is 1. The zero-order valence-electron chi connectivity index (χ0n) is 18.8. The van der Waals surface area contributed by atoms with Crippen LogP contribution in [-0.2, 0) is 24.2 Å². The number of para-hydroxylation sites is 2. The molecule has 1 heterocycles. The van der Waals surface area contributed by atoms with Gasteiger partial charge in [-0.2, -0.15) is 0 Å². The molecule has 0 aliphatic carbocycles. The molecule has 0 atom stereocenters. The minimum absolute atomic E-state index is 0.128. The van der Waals surface area contributed by atoms with Crippen LogP contribution in [0, 0.1) is 0 Å². The number of hydrogen-bond acceptors (Lipinski definition) is 2. The van der Waals surface area contributed by atoms with Gasteiger partial charge in [0.15, 0.2) is 0 Å². The fourth-order valence-corrected chi connectivity index (χ4v) is 4.19. The zero-order valence-corrected chi connectivity index (χ0v) is 19.6. The molecule has 170 valence electrons. The quantitative estimate of drug-likeness (QED) is 0.271. The molecule has 0 fully saturated rings. The van der Waals surface area contributed by atoms with E-state index in [0.717, 1.165) is 67.1 Å². The van der Waals surface area contributed by atoms with Gasteiger partial charge in [-0.3, -0.25) is 4.79 Å². The molecule has 0 aliphatic rings. The molecule has 0 bridgehead atoms. The van der Waals surface area contributed by atoms with E-state index in [-0.39, 0.29) is 5.91 Å². The number of aromatic nitrogens is 2. The van der Waals surface area contributed by atoms with Crippen LogP contribution in [0.3, 0.4) is 0 Å². The van der Waals surface area contributed by atoms with Crippen LogP contribution in [0.15, 0.2) is 78.9 Å². The number of hydrogen-bond donors (Lipinski definition) is 1.